The lowest BCUT2D eigenvalue weighted by atomic mass is 10.3. The number of piperazine rings is 1. The summed E-state index contributed by atoms with van der Waals surface area (Å²) in [6.45, 7) is 4.37. The molecule has 1 aliphatic carbocycles. The Morgan fingerprint density at radius 3 is 2.68 bits per heavy atom. The molecule has 0 spiro atoms. The molecule has 2 aliphatic rings. The van der Waals surface area contributed by atoms with Crippen LogP contribution in [0.2, 0.25) is 0 Å². The van der Waals surface area contributed by atoms with Gasteiger partial charge in [0.2, 0.25) is 0 Å². The first-order valence-electron chi connectivity index (χ1n) is 8.93. The molecule has 132 valence electrons. The van der Waals surface area contributed by atoms with Gasteiger partial charge in [0.05, 0.1) is 12.2 Å². The largest absolute Gasteiger partial charge is 0.484 e. The van der Waals surface area contributed by atoms with Gasteiger partial charge in [0.1, 0.15) is 10.8 Å². The van der Waals surface area contributed by atoms with Crippen LogP contribution in [0, 0.1) is 0 Å². The Hall–Kier alpha value is -1.92. The van der Waals surface area contributed by atoms with Crippen molar-refractivity contribution in [1.29, 1.82) is 0 Å². The standard InChI is InChI=1S/C19H23N3O2S/c23-19(14-24-15-5-2-1-3-6-15)22-11-9-21(10-12-22)13-18-20-16-7-4-8-17(16)25-18/h1-3,5-6H,4,7-14H2. The van der Waals surface area contributed by atoms with Gasteiger partial charge in [-0.2, -0.15) is 0 Å². The average molecular weight is 357 g/mol. The predicted molar refractivity (Wildman–Crippen MR) is 97.9 cm³/mol. The summed E-state index contributed by atoms with van der Waals surface area (Å²) in [5, 5.41) is 1.23. The van der Waals surface area contributed by atoms with Gasteiger partial charge in [-0.05, 0) is 31.4 Å². The lowest BCUT2D eigenvalue weighted by Crippen LogP contribution is -2.49. The smallest absolute Gasteiger partial charge is 0.260 e. The molecule has 4 rings (SSSR count). The van der Waals surface area contributed by atoms with E-state index in [0.717, 1.165) is 44.9 Å². The number of amides is 1. The zero-order valence-electron chi connectivity index (χ0n) is 14.3. The van der Waals surface area contributed by atoms with Crippen LogP contribution in [0.3, 0.4) is 0 Å². The van der Waals surface area contributed by atoms with E-state index >= 15 is 0 Å². The molecule has 0 unspecified atom stereocenters. The average Bonchev–Trinajstić information content (AvgIpc) is 3.23. The second kappa shape index (κ2) is 7.54. The fraction of sp³-hybridized carbons (Fsp3) is 0.474. The number of hydrogen-bond acceptors (Lipinski definition) is 5. The third-order valence-electron chi connectivity index (χ3n) is 4.83. The number of nitrogens with zero attached hydrogens (tertiary/aromatic N) is 3. The van der Waals surface area contributed by atoms with E-state index in [1.165, 1.54) is 28.4 Å². The second-order valence-electron chi connectivity index (χ2n) is 6.59. The first kappa shape index (κ1) is 16.5. The molecule has 0 atom stereocenters. The second-order valence-corrected chi connectivity index (χ2v) is 7.76. The zero-order valence-corrected chi connectivity index (χ0v) is 15.1. The van der Waals surface area contributed by atoms with Gasteiger partial charge in [0.15, 0.2) is 6.61 Å². The van der Waals surface area contributed by atoms with E-state index in [0.29, 0.717) is 0 Å². The number of rotatable bonds is 5. The van der Waals surface area contributed by atoms with Crippen LogP contribution in [0.1, 0.15) is 22.0 Å². The van der Waals surface area contributed by atoms with Crippen molar-refractivity contribution in [2.75, 3.05) is 32.8 Å². The van der Waals surface area contributed by atoms with Crippen molar-refractivity contribution in [2.24, 2.45) is 0 Å². The van der Waals surface area contributed by atoms with E-state index in [1.807, 2.05) is 46.6 Å². The number of ether oxygens (including phenoxy) is 1. The van der Waals surface area contributed by atoms with Crippen LogP contribution >= 0.6 is 11.3 Å². The molecule has 1 aromatic heterocycles. The van der Waals surface area contributed by atoms with E-state index < -0.39 is 0 Å². The first-order valence-corrected chi connectivity index (χ1v) is 9.75. The molecule has 1 amide bonds. The summed E-state index contributed by atoms with van der Waals surface area (Å²) in [7, 11) is 0. The number of hydrogen-bond donors (Lipinski definition) is 0. The minimum Gasteiger partial charge on any atom is -0.484 e. The highest BCUT2D eigenvalue weighted by Crippen LogP contribution is 2.28. The van der Waals surface area contributed by atoms with E-state index in [4.69, 9.17) is 9.72 Å². The first-order chi connectivity index (χ1) is 12.3. The molecule has 1 aromatic carbocycles. The van der Waals surface area contributed by atoms with E-state index in [1.54, 1.807) is 0 Å². The van der Waals surface area contributed by atoms with E-state index in [-0.39, 0.29) is 12.5 Å². The van der Waals surface area contributed by atoms with Crippen LogP contribution in [-0.4, -0.2) is 53.5 Å². The Morgan fingerprint density at radius 1 is 1.12 bits per heavy atom. The molecule has 0 saturated carbocycles. The summed E-state index contributed by atoms with van der Waals surface area (Å²) in [5.41, 5.74) is 1.33. The number of benzene rings is 1. The molecule has 2 heterocycles. The molecule has 1 aliphatic heterocycles. The molecule has 2 aromatic rings. The number of carbonyl (C=O) groups is 1. The fourth-order valence-corrected chi connectivity index (χ4v) is 4.61. The van der Waals surface area contributed by atoms with Gasteiger partial charge < -0.3 is 9.64 Å². The van der Waals surface area contributed by atoms with Gasteiger partial charge in [-0.25, -0.2) is 4.98 Å². The van der Waals surface area contributed by atoms with Crippen molar-refractivity contribution in [1.82, 2.24) is 14.8 Å². The van der Waals surface area contributed by atoms with Gasteiger partial charge in [0, 0.05) is 31.1 Å². The molecule has 5 nitrogen and oxygen atoms in total. The van der Waals surface area contributed by atoms with Crippen LogP contribution in [0.15, 0.2) is 30.3 Å². The lowest BCUT2D eigenvalue weighted by molar-refractivity contribution is -0.135. The van der Waals surface area contributed by atoms with Gasteiger partial charge in [-0.15, -0.1) is 11.3 Å². The Bertz CT molecular complexity index is 702. The van der Waals surface area contributed by atoms with Gasteiger partial charge in [0.25, 0.3) is 5.91 Å². The third kappa shape index (κ3) is 4.02. The number of fused-ring (bicyclic) bond motifs is 1. The van der Waals surface area contributed by atoms with Crippen molar-refractivity contribution < 1.29 is 9.53 Å². The van der Waals surface area contributed by atoms with E-state index in [9.17, 15) is 4.79 Å². The number of carbonyl (C=O) groups excluding carboxylic acids is 1. The summed E-state index contributed by atoms with van der Waals surface area (Å²) in [4.78, 5) is 22.9. The number of aryl methyl sites for hydroxylation is 2. The van der Waals surface area contributed by atoms with Gasteiger partial charge in [-0.1, -0.05) is 18.2 Å². The summed E-state index contributed by atoms with van der Waals surface area (Å²) < 4.78 is 5.57. The zero-order chi connectivity index (χ0) is 17.1. The topological polar surface area (TPSA) is 45.7 Å². The van der Waals surface area contributed by atoms with Crippen molar-refractivity contribution in [2.45, 2.75) is 25.8 Å². The Kier molecular flexibility index (Phi) is 4.99. The quantitative estimate of drug-likeness (QED) is 0.824. The van der Waals surface area contributed by atoms with Crippen LogP contribution in [0.25, 0.3) is 0 Å². The van der Waals surface area contributed by atoms with Crippen LogP contribution in [-0.2, 0) is 24.2 Å². The third-order valence-corrected chi connectivity index (χ3v) is 5.97. The van der Waals surface area contributed by atoms with Crippen molar-refractivity contribution in [3.05, 3.63) is 45.9 Å². The maximum absolute atomic E-state index is 12.3. The summed E-state index contributed by atoms with van der Waals surface area (Å²) in [5.74, 6) is 0.808. The molecule has 25 heavy (non-hydrogen) atoms. The van der Waals surface area contributed by atoms with E-state index in [2.05, 4.69) is 4.90 Å². The lowest BCUT2D eigenvalue weighted by Gasteiger charge is -2.34. The molecule has 0 bridgehead atoms. The maximum Gasteiger partial charge on any atom is 0.260 e. The Morgan fingerprint density at radius 2 is 1.92 bits per heavy atom. The molecule has 0 radical (unpaired) electrons. The van der Waals surface area contributed by atoms with Crippen molar-refractivity contribution >= 4 is 17.2 Å². The molecule has 0 N–H and O–H groups in total. The molecule has 1 saturated heterocycles. The van der Waals surface area contributed by atoms with Crippen LogP contribution in [0.5, 0.6) is 5.75 Å². The molecule has 6 heteroatoms. The Labute approximate surface area is 152 Å². The Balaban J connectivity index is 1.23. The predicted octanol–water partition coefficient (Wildman–Crippen LogP) is 2.36. The molecular formula is C19H23N3O2S. The minimum absolute atomic E-state index is 0.0664. The van der Waals surface area contributed by atoms with Crippen LogP contribution < -0.4 is 4.74 Å². The normalized spacial score (nSPS) is 17.5. The van der Waals surface area contributed by atoms with Gasteiger partial charge in [-0.3, -0.25) is 9.69 Å². The highest BCUT2D eigenvalue weighted by Gasteiger charge is 2.23. The van der Waals surface area contributed by atoms with Gasteiger partial charge >= 0.3 is 0 Å². The molecule has 1 fully saturated rings. The van der Waals surface area contributed by atoms with Crippen LogP contribution in [0.4, 0.5) is 0 Å². The summed E-state index contributed by atoms with van der Waals surface area (Å²) in [6, 6.07) is 9.50. The fourth-order valence-electron chi connectivity index (χ4n) is 3.41. The summed E-state index contributed by atoms with van der Waals surface area (Å²) in [6.07, 6.45) is 3.62. The maximum atomic E-state index is 12.3. The monoisotopic (exact) mass is 357 g/mol. The van der Waals surface area contributed by atoms with Crippen molar-refractivity contribution in [3.63, 3.8) is 0 Å². The highest BCUT2D eigenvalue weighted by atomic mass is 32.1. The number of thiazole rings is 1. The van der Waals surface area contributed by atoms with Crippen molar-refractivity contribution in [3.8, 4) is 5.75 Å². The highest BCUT2D eigenvalue weighted by molar-refractivity contribution is 7.11. The number of aromatic nitrogens is 1. The minimum atomic E-state index is 0.0664. The SMILES string of the molecule is O=C(COc1ccccc1)N1CCN(Cc2nc3c(s2)CCC3)CC1. The summed E-state index contributed by atoms with van der Waals surface area (Å²) >= 11 is 1.88. The molecular weight excluding hydrogens is 334 g/mol. The number of para-hydroxylation sites is 1.